The number of hydrogen-bond acceptors (Lipinski definition) is 2. The van der Waals surface area contributed by atoms with Crippen LogP contribution in [0, 0.1) is 28.6 Å². The molecule has 3 aliphatic carbocycles. The molecule has 1 aromatic rings. The van der Waals surface area contributed by atoms with Gasteiger partial charge in [0, 0.05) is 22.5 Å². The van der Waals surface area contributed by atoms with Crippen LogP contribution >= 0.6 is 23.2 Å². The van der Waals surface area contributed by atoms with E-state index < -0.39 is 0 Å². The number of aliphatic hydroxyl groups excluding tert-OH is 1. The van der Waals surface area contributed by atoms with Gasteiger partial charge in [-0.3, -0.25) is 4.79 Å². The molecule has 1 amide bonds. The summed E-state index contributed by atoms with van der Waals surface area (Å²) in [6.45, 7) is 4.63. The molecule has 1 aliphatic heterocycles. The molecule has 0 bridgehead atoms. The van der Waals surface area contributed by atoms with Gasteiger partial charge in [0.1, 0.15) is 0 Å². The van der Waals surface area contributed by atoms with E-state index in [1.807, 2.05) is 24.1 Å². The van der Waals surface area contributed by atoms with Gasteiger partial charge < -0.3 is 10.0 Å². The molecule has 0 aromatic heterocycles. The maximum absolute atomic E-state index is 12.7. The third-order valence-electron chi connectivity index (χ3n) is 9.15. The van der Waals surface area contributed by atoms with Crippen molar-refractivity contribution >= 4 is 35.2 Å². The van der Waals surface area contributed by atoms with Crippen molar-refractivity contribution < 1.29 is 9.90 Å². The first-order chi connectivity index (χ1) is 14.6. The molecule has 5 rings (SSSR count). The van der Waals surface area contributed by atoms with E-state index >= 15 is 0 Å². The second-order valence-electron chi connectivity index (χ2n) is 10.7. The summed E-state index contributed by atoms with van der Waals surface area (Å²) < 4.78 is 0. The Hall–Kier alpha value is -1.29. The molecule has 1 heterocycles. The van der Waals surface area contributed by atoms with Gasteiger partial charge in [-0.2, -0.15) is 0 Å². The van der Waals surface area contributed by atoms with Crippen LogP contribution in [0.2, 0.25) is 10.0 Å². The van der Waals surface area contributed by atoms with Gasteiger partial charge in [0.25, 0.3) is 0 Å². The number of hydrogen-bond donors (Lipinski definition) is 1. The van der Waals surface area contributed by atoms with Crippen LogP contribution in [-0.4, -0.2) is 35.1 Å². The highest BCUT2D eigenvalue weighted by Gasteiger charge is 2.61. The molecule has 7 atom stereocenters. The van der Waals surface area contributed by atoms with Crippen LogP contribution in [0.1, 0.15) is 51.5 Å². The fraction of sp³-hybridized carbons (Fsp3) is 0.577. The van der Waals surface area contributed by atoms with E-state index in [4.69, 9.17) is 23.2 Å². The van der Waals surface area contributed by atoms with Crippen molar-refractivity contribution in [3.05, 3.63) is 51.5 Å². The van der Waals surface area contributed by atoms with E-state index in [2.05, 4.69) is 26.0 Å². The first kappa shape index (κ1) is 21.6. The fourth-order valence-electron chi connectivity index (χ4n) is 7.69. The van der Waals surface area contributed by atoms with Crippen LogP contribution in [-0.2, 0) is 4.79 Å². The SMILES string of the molecule is CN1C(=O)C=C[C@]2(C)[C@H]3CC[C@]4(C)[C@@H](O)CC[C@H]4[C@@H]3CC(=Cc3cc(Cl)cc(Cl)c3)[C@@H]12. The molecular weight excluding hydrogens is 429 g/mol. The van der Waals surface area contributed by atoms with Crippen molar-refractivity contribution in [3.63, 3.8) is 0 Å². The largest absolute Gasteiger partial charge is 0.393 e. The van der Waals surface area contributed by atoms with Gasteiger partial charge >= 0.3 is 0 Å². The second-order valence-corrected chi connectivity index (χ2v) is 11.6. The van der Waals surface area contributed by atoms with Crippen molar-refractivity contribution in [2.24, 2.45) is 28.6 Å². The average molecular weight is 460 g/mol. The van der Waals surface area contributed by atoms with Gasteiger partial charge in [-0.25, -0.2) is 0 Å². The Bertz CT molecular complexity index is 967. The first-order valence-corrected chi connectivity index (χ1v) is 12.2. The minimum atomic E-state index is -0.200. The molecule has 0 spiro atoms. The van der Waals surface area contributed by atoms with Gasteiger partial charge in [-0.1, -0.05) is 49.2 Å². The summed E-state index contributed by atoms with van der Waals surface area (Å²) in [5.74, 6) is 1.59. The summed E-state index contributed by atoms with van der Waals surface area (Å²) >= 11 is 12.6. The molecule has 3 saturated carbocycles. The number of nitrogens with zero attached hydrogens (tertiary/aromatic N) is 1. The third-order valence-corrected chi connectivity index (χ3v) is 9.59. The van der Waals surface area contributed by atoms with Gasteiger partial charge in [-0.05, 0) is 90.7 Å². The van der Waals surface area contributed by atoms with Gasteiger partial charge in [0.15, 0.2) is 0 Å². The van der Waals surface area contributed by atoms with Crippen LogP contribution in [0.5, 0.6) is 0 Å². The second kappa shape index (κ2) is 7.37. The predicted molar refractivity (Wildman–Crippen MR) is 126 cm³/mol. The number of carbonyl (C=O) groups excluding carboxylic acids is 1. The molecule has 1 N–H and O–H groups in total. The summed E-state index contributed by atoms with van der Waals surface area (Å²) in [5, 5.41) is 12.0. The van der Waals surface area contributed by atoms with E-state index in [-0.39, 0.29) is 28.9 Å². The van der Waals surface area contributed by atoms with Crippen molar-refractivity contribution in [1.82, 2.24) is 4.90 Å². The monoisotopic (exact) mass is 459 g/mol. The maximum atomic E-state index is 12.7. The lowest BCUT2D eigenvalue weighted by atomic mass is 9.47. The summed E-state index contributed by atoms with van der Waals surface area (Å²) in [5.41, 5.74) is 2.14. The highest BCUT2D eigenvalue weighted by molar-refractivity contribution is 6.34. The molecular formula is C26H31Cl2NO2. The zero-order valence-electron chi connectivity index (χ0n) is 18.4. The molecule has 5 heteroatoms. The fourth-order valence-corrected chi connectivity index (χ4v) is 8.23. The lowest BCUT2D eigenvalue weighted by molar-refractivity contribution is -0.135. The van der Waals surface area contributed by atoms with Crippen molar-refractivity contribution in [2.75, 3.05) is 7.05 Å². The Morgan fingerprint density at radius 3 is 2.52 bits per heavy atom. The van der Waals surface area contributed by atoms with Crippen LogP contribution in [0.15, 0.2) is 35.9 Å². The molecule has 3 fully saturated rings. The zero-order chi connectivity index (χ0) is 22.1. The summed E-state index contributed by atoms with van der Waals surface area (Å²) in [4.78, 5) is 14.6. The lowest BCUT2D eigenvalue weighted by Crippen LogP contribution is -2.60. The normalized spacial score (nSPS) is 43.0. The number of likely N-dealkylation sites (N-methyl/N-ethyl adjacent to an activating group) is 1. The van der Waals surface area contributed by atoms with Crippen LogP contribution in [0.3, 0.4) is 0 Å². The minimum Gasteiger partial charge on any atom is -0.393 e. The maximum Gasteiger partial charge on any atom is 0.246 e. The Morgan fingerprint density at radius 2 is 1.81 bits per heavy atom. The highest BCUT2D eigenvalue weighted by atomic mass is 35.5. The zero-order valence-corrected chi connectivity index (χ0v) is 20.0. The van der Waals surface area contributed by atoms with Gasteiger partial charge in [0.2, 0.25) is 5.91 Å². The van der Waals surface area contributed by atoms with E-state index in [9.17, 15) is 9.90 Å². The first-order valence-electron chi connectivity index (χ1n) is 11.4. The molecule has 0 unspecified atom stereocenters. The van der Waals surface area contributed by atoms with Gasteiger partial charge in [0.05, 0.1) is 12.1 Å². The molecule has 4 aliphatic rings. The van der Waals surface area contributed by atoms with Crippen molar-refractivity contribution in [2.45, 2.75) is 58.1 Å². The van der Waals surface area contributed by atoms with E-state index in [1.54, 1.807) is 12.1 Å². The Kier molecular flexibility index (Phi) is 5.12. The molecule has 3 nitrogen and oxygen atoms in total. The summed E-state index contributed by atoms with van der Waals surface area (Å²) in [6.07, 6.45) is 11.1. The van der Waals surface area contributed by atoms with E-state index in [0.29, 0.717) is 27.8 Å². The highest BCUT2D eigenvalue weighted by Crippen LogP contribution is 2.64. The number of halogens is 2. The van der Waals surface area contributed by atoms with Crippen molar-refractivity contribution in [3.8, 4) is 0 Å². The van der Waals surface area contributed by atoms with Gasteiger partial charge in [-0.15, -0.1) is 0 Å². The number of benzene rings is 1. The summed E-state index contributed by atoms with van der Waals surface area (Å²) in [7, 11) is 1.93. The number of aliphatic hydroxyl groups is 1. The minimum absolute atomic E-state index is 0.00887. The van der Waals surface area contributed by atoms with Crippen LogP contribution < -0.4 is 0 Å². The molecule has 1 aromatic carbocycles. The summed E-state index contributed by atoms with van der Waals surface area (Å²) in [6, 6.07) is 5.65. The number of carbonyl (C=O) groups is 1. The predicted octanol–water partition coefficient (Wildman–Crippen LogP) is 5.99. The topological polar surface area (TPSA) is 40.5 Å². The number of fused-ring (bicyclic) bond motifs is 5. The molecule has 31 heavy (non-hydrogen) atoms. The molecule has 166 valence electrons. The molecule has 0 saturated heterocycles. The third kappa shape index (κ3) is 3.22. The number of rotatable bonds is 1. The quantitative estimate of drug-likeness (QED) is 0.560. The van der Waals surface area contributed by atoms with Crippen molar-refractivity contribution in [1.29, 1.82) is 0 Å². The Balaban J connectivity index is 1.63. The Morgan fingerprint density at radius 1 is 1.10 bits per heavy atom. The lowest BCUT2D eigenvalue weighted by Gasteiger charge is -2.60. The van der Waals surface area contributed by atoms with Crippen LogP contribution in [0.25, 0.3) is 6.08 Å². The van der Waals surface area contributed by atoms with E-state index in [0.717, 1.165) is 37.7 Å². The standard InChI is InChI=1S/C26H31Cl2NO2/c1-25-8-6-21-19(20(25)4-5-22(25)30)13-16(10-15-11-17(27)14-18(28)12-15)24-26(21,2)9-7-23(31)29(24)3/h7,9-12,14,19-22,24,30H,4-6,8,13H2,1-3H3/t19-,20-,21-,22-,24+,25-,26+/m0/s1. The Labute approximate surface area is 195 Å². The van der Waals surface area contributed by atoms with E-state index in [1.165, 1.54) is 5.57 Å². The van der Waals surface area contributed by atoms with Crippen LogP contribution in [0.4, 0.5) is 0 Å². The number of amides is 1. The average Bonchev–Trinajstić information content (AvgIpc) is 2.99. The molecule has 0 radical (unpaired) electrons. The smallest absolute Gasteiger partial charge is 0.246 e.